The minimum atomic E-state index is -0.000602. The average molecular weight is 342 g/mol. The van der Waals surface area contributed by atoms with Gasteiger partial charge in [-0.25, -0.2) is 4.90 Å². The van der Waals surface area contributed by atoms with Crippen molar-refractivity contribution in [1.82, 2.24) is 4.90 Å². The monoisotopic (exact) mass is 341 g/mol. The van der Waals surface area contributed by atoms with E-state index >= 15 is 0 Å². The van der Waals surface area contributed by atoms with Crippen LogP contribution in [0.5, 0.6) is 0 Å². The van der Waals surface area contributed by atoms with Crippen molar-refractivity contribution in [2.45, 2.75) is 13.8 Å². The van der Waals surface area contributed by atoms with Gasteiger partial charge in [0.1, 0.15) is 0 Å². The number of carbonyl (C=O) groups excluding carboxylic acids is 1. The number of rotatable bonds is 5. The Labute approximate surface area is 139 Å². The molecule has 1 aromatic carbocycles. The molecule has 0 aromatic heterocycles. The highest BCUT2D eigenvalue weighted by molar-refractivity contribution is 8.26. The predicted octanol–water partition coefficient (Wildman–Crippen LogP) is 2.42. The van der Waals surface area contributed by atoms with E-state index in [1.54, 1.807) is 4.90 Å². The zero-order valence-electron chi connectivity index (χ0n) is 12.1. The lowest BCUT2D eigenvalue weighted by atomic mass is 10.2. The van der Waals surface area contributed by atoms with E-state index in [2.05, 4.69) is 13.8 Å². The Hall–Kier alpha value is -0.880. The molecule has 1 amide bonds. The molecule has 0 saturated carbocycles. The van der Waals surface area contributed by atoms with Crippen molar-refractivity contribution in [2.75, 3.05) is 19.8 Å². The fraction of sp³-hybridized carbons (Fsp3) is 0.333. The van der Waals surface area contributed by atoms with E-state index in [1.165, 1.54) is 16.7 Å². The topological polar surface area (TPSA) is 24.8 Å². The first-order valence-corrected chi connectivity index (χ1v) is 8.50. The summed E-state index contributed by atoms with van der Waals surface area (Å²) < 4.78 is 0.639. The number of carbonyl (C=O) groups is 1. The van der Waals surface area contributed by atoms with Crippen LogP contribution < -0.4 is 4.90 Å². The minimum absolute atomic E-state index is 0.000602. The molecule has 1 heterocycles. The van der Waals surface area contributed by atoms with Gasteiger partial charge in [-0.1, -0.05) is 47.7 Å². The first kappa shape index (κ1) is 16.5. The number of amides is 1. The highest BCUT2D eigenvalue weighted by atomic mass is 35.5. The van der Waals surface area contributed by atoms with Gasteiger partial charge >= 0.3 is 0 Å². The lowest BCUT2D eigenvalue weighted by molar-refractivity contribution is -0.903. The van der Waals surface area contributed by atoms with Crippen LogP contribution in [0.25, 0.3) is 6.08 Å². The first-order valence-electron chi connectivity index (χ1n) is 6.89. The summed E-state index contributed by atoms with van der Waals surface area (Å²) in [6.07, 6.45) is 1.87. The molecule has 0 unspecified atom stereocenters. The molecule has 0 radical (unpaired) electrons. The molecule has 3 nitrogen and oxygen atoms in total. The molecule has 1 N–H and O–H groups in total. The van der Waals surface area contributed by atoms with Gasteiger partial charge in [0.15, 0.2) is 11.0 Å². The summed E-state index contributed by atoms with van der Waals surface area (Å²) in [6, 6.07) is 7.41. The van der Waals surface area contributed by atoms with Gasteiger partial charge in [0.25, 0.3) is 5.91 Å². The maximum atomic E-state index is 12.5. The molecular formula is C15H18ClN2OS2+. The SMILES string of the molecule is CC[NH+](CC)CN1C(=O)/C(=C/c2ccc(Cl)cc2)SC1=S. The number of thioether (sulfide) groups is 1. The molecule has 1 fully saturated rings. The van der Waals surface area contributed by atoms with Crippen molar-refractivity contribution in [1.29, 1.82) is 0 Å². The quantitative estimate of drug-likeness (QED) is 0.657. The summed E-state index contributed by atoms with van der Waals surface area (Å²) in [5.74, 6) is -0.000602. The van der Waals surface area contributed by atoms with Gasteiger partial charge in [0.05, 0.1) is 18.0 Å². The smallest absolute Gasteiger partial charge is 0.270 e. The lowest BCUT2D eigenvalue weighted by Crippen LogP contribution is -3.13. The van der Waals surface area contributed by atoms with E-state index in [0.717, 1.165) is 18.7 Å². The normalized spacial score (nSPS) is 17.3. The van der Waals surface area contributed by atoms with Gasteiger partial charge in [-0.05, 0) is 37.6 Å². The Bertz CT molecular complexity index is 568. The van der Waals surface area contributed by atoms with E-state index in [4.69, 9.17) is 23.8 Å². The number of nitrogens with one attached hydrogen (secondary N) is 1. The van der Waals surface area contributed by atoms with Crippen molar-refractivity contribution in [3.05, 3.63) is 39.8 Å². The Kier molecular flexibility index (Phi) is 5.81. The average Bonchev–Trinajstić information content (AvgIpc) is 2.74. The first-order chi connectivity index (χ1) is 10.0. The number of benzene rings is 1. The largest absolute Gasteiger partial charge is 0.318 e. The summed E-state index contributed by atoms with van der Waals surface area (Å²) in [5, 5.41) is 0.685. The molecule has 0 atom stereocenters. The minimum Gasteiger partial charge on any atom is -0.318 e. The van der Waals surface area contributed by atoms with Crippen LogP contribution in [0, 0.1) is 0 Å². The highest BCUT2D eigenvalue weighted by Gasteiger charge is 2.34. The van der Waals surface area contributed by atoms with Gasteiger partial charge in [-0.15, -0.1) is 0 Å². The molecular weight excluding hydrogens is 324 g/mol. The molecule has 0 bridgehead atoms. The lowest BCUT2D eigenvalue weighted by Gasteiger charge is -2.21. The number of hydrogen-bond acceptors (Lipinski definition) is 3. The van der Waals surface area contributed by atoms with Crippen LogP contribution in [0.1, 0.15) is 19.4 Å². The van der Waals surface area contributed by atoms with Crippen LogP contribution in [-0.2, 0) is 4.79 Å². The number of halogens is 1. The van der Waals surface area contributed by atoms with Gasteiger partial charge in [-0.2, -0.15) is 0 Å². The maximum absolute atomic E-state index is 12.5. The third-order valence-electron chi connectivity index (χ3n) is 3.42. The number of quaternary nitrogens is 1. The number of hydrogen-bond donors (Lipinski definition) is 1. The second-order valence-electron chi connectivity index (χ2n) is 4.78. The van der Waals surface area contributed by atoms with Crippen molar-refractivity contribution >= 4 is 51.9 Å². The van der Waals surface area contributed by atoms with Crippen molar-refractivity contribution in [3.8, 4) is 0 Å². The van der Waals surface area contributed by atoms with Crippen LogP contribution in [0.2, 0.25) is 5.02 Å². The van der Waals surface area contributed by atoms with Crippen molar-refractivity contribution < 1.29 is 9.69 Å². The maximum Gasteiger partial charge on any atom is 0.270 e. The molecule has 0 spiro atoms. The van der Waals surface area contributed by atoms with E-state index in [-0.39, 0.29) is 5.91 Å². The van der Waals surface area contributed by atoms with Crippen LogP contribution in [0.15, 0.2) is 29.2 Å². The van der Waals surface area contributed by atoms with Gasteiger partial charge in [0.2, 0.25) is 0 Å². The van der Waals surface area contributed by atoms with Crippen LogP contribution >= 0.6 is 35.6 Å². The van der Waals surface area contributed by atoms with Gasteiger partial charge in [-0.3, -0.25) is 4.79 Å². The predicted molar refractivity (Wildman–Crippen MR) is 93.4 cm³/mol. The van der Waals surface area contributed by atoms with Crippen LogP contribution in [0.3, 0.4) is 0 Å². The molecule has 6 heteroatoms. The summed E-state index contributed by atoms with van der Waals surface area (Å²) in [6.45, 7) is 6.81. The molecule has 21 heavy (non-hydrogen) atoms. The van der Waals surface area contributed by atoms with Gasteiger partial charge in [0, 0.05) is 5.02 Å². The summed E-state index contributed by atoms with van der Waals surface area (Å²) in [7, 11) is 0. The molecule has 0 aliphatic carbocycles. The second kappa shape index (κ2) is 7.40. The molecule has 1 saturated heterocycles. The van der Waals surface area contributed by atoms with Crippen molar-refractivity contribution in [2.24, 2.45) is 0 Å². The van der Waals surface area contributed by atoms with Gasteiger partial charge < -0.3 is 4.90 Å². The fourth-order valence-electron chi connectivity index (χ4n) is 2.04. The zero-order chi connectivity index (χ0) is 15.4. The zero-order valence-corrected chi connectivity index (χ0v) is 14.4. The number of thiocarbonyl (C=S) groups is 1. The Morgan fingerprint density at radius 1 is 1.29 bits per heavy atom. The molecule has 1 aliphatic rings. The fourth-order valence-corrected chi connectivity index (χ4v) is 3.42. The third kappa shape index (κ3) is 4.07. The molecule has 1 aromatic rings. The number of nitrogens with zero attached hydrogens (tertiary/aromatic N) is 1. The Morgan fingerprint density at radius 2 is 1.90 bits per heavy atom. The standard InChI is InChI=1S/C15H17ClN2OS2/c1-3-17(4-2)10-18-14(19)13(21-15(18)20)9-11-5-7-12(16)8-6-11/h5-9H,3-4,10H2,1-2H3/p+1/b13-9-. The van der Waals surface area contributed by atoms with Crippen LogP contribution in [0.4, 0.5) is 0 Å². The summed E-state index contributed by atoms with van der Waals surface area (Å²) in [5.41, 5.74) is 0.954. The highest BCUT2D eigenvalue weighted by Crippen LogP contribution is 2.31. The Morgan fingerprint density at radius 3 is 2.48 bits per heavy atom. The third-order valence-corrected chi connectivity index (χ3v) is 5.05. The second-order valence-corrected chi connectivity index (χ2v) is 6.89. The molecule has 1 aliphatic heterocycles. The van der Waals surface area contributed by atoms with E-state index < -0.39 is 0 Å². The summed E-state index contributed by atoms with van der Waals surface area (Å²) in [4.78, 5) is 16.2. The van der Waals surface area contributed by atoms with E-state index in [0.29, 0.717) is 20.9 Å². The van der Waals surface area contributed by atoms with E-state index in [9.17, 15) is 4.79 Å². The van der Waals surface area contributed by atoms with Crippen molar-refractivity contribution in [3.63, 3.8) is 0 Å². The van der Waals surface area contributed by atoms with Crippen LogP contribution in [-0.4, -0.2) is 34.9 Å². The summed E-state index contributed by atoms with van der Waals surface area (Å²) >= 11 is 12.6. The molecule has 112 valence electrons. The Balaban J connectivity index is 2.15. The van der Waals surface area contributed by atoms with E-state index in [1.807, 2.05) is 30.3 Å². The molecule has 2 rings (SSSR count).